The molecule has 0 aliphatic carbocycles. The van der Waals surface area contributed by atoms with E-state index in [-0.39, 0.29) is 18.2 Å². The summed E-state index contributed by atoms with van der Waals surface area (Å²) in [5.74, 6) is 0.00495. The third-order valence-corrected chi connectivity index (χ3v) is 4.10. The van der Waals surface area contributed by atoms with Crippen LogP contribution in [-0.2, 0) is 14.3 Å². The molecule has 7 nitrogen and oxygen atoms in total. The van der Waals surface area contributed by atoms with E-state index in [0.717, 1.165) is 0 Å². The molecule has 1 N–H and O–H groups in total. The van der Waals surface area contributed by atoms with Gasteiger partial charge in [0.2, 0.25) is 5.91 Å². The Bertz CT molecular complexity index is 657. The van der Waals surface area contributed by atoms with Gasteiger partial charge in [-0.2, -0.15) is 0 Å². The molecule has 1 aliphatic heterocycles. The zero-order valence-corrected chi connectivity index (χ0v) is 16.2. The Morgan fingerprint density at radius 3 is 2.59 bits per heavy atom. The number of carbonyl (C=O) groups excluding carboxylic acids is 3. The summed E-state index contributed by atoms with van der Waals surface area (Å²) >= 11 is 0. The molecule has 1 aromatic carbocycles. The maximum absolute atomic E-state index is 12.9. The lowest BCUT2D eigenvalue weighted by atomic mass is 10.1. The van der Waals surface area contributed by atoms with Crippen LogP contribution in [0.15, 0.2) is 24.3 Å². The molecule has 1 fully saturated rings. The van der Waals surface area contributed by atoms with Gasteiger partial charge in [-0.05, 0) is 36.6 Å². The van der Waals surface area contributed by atoms with E-state index in [4.69, 9.17) is 9.47 Å². The highest BCUT2D eigenvalue weighted by Crippen LogP contribution is 2.18. The second-order valence-electron chi connectivity index (χ2n) is 6.96. The van der Waals surface area contributed by atoms with Crippen molar-refractivity contribution in [1.29, 1.82) is 0 Å². The fourth-order valence-electron chi connectivity index (χ4n) is 2.72. The minimum atomic E-state index is -0.854. The molecule has 1 saturated heterocycles. The Morgan fingerprint density at radius 2 is 1.96 bits per heavy atom. The molecule has 0 bridgehead atoms. The smallest absolute Gasteiger partial charge is 0.308 e. The van der Waals surface area contributed by atoms with E-state index in [2.05, 4.69) is 19.2 Å². The molecule has 0 spiro atoms. The highest BCUT2D eigenvalue weighted by atomic mass is 16.5. The van der Waals surface area contributed by atoms with E-state index >= 15 is 0 Å². The summed E-state index contributed by atoms with van der Waals surface area (Å²) in [5, 5.41) is 2.71. The van der Waals surface area contributed by atoms with Crippen LogP contribution in [0.3, 0.4) is 0 Å². The Labute approximate surface area is 160 Å². The number of piperazine rings is 1. The van der Waals surface area contributed by atoms with Crippen molar-refractivity contribution < 1.29 is 23.9 Å². The standard InChI is InChI=1S/C20H28N2O5/c1-4-11-26-18(23)12-17-19(24)21-9-10-22(17)20(25)15-5-7-16(8-6-15)27-13-14(2)3/h5-8,14,17H,4,9-13H2,1-3H3,(H,21,24)/t17-/m1/s1. The van der Waals surface area contributed by atoms with E-state index < -0.39 is 12.0 Å². The summed E-state index contributed by atoms with van der Waals surface area (Å²) in [6.45, 7) is 7.63. The van der Waals surface area contributed by atoms with Crippen LogP contribution in [0, 0.1) is 5.92 Å². The molecule has 0 aromatic heterocycles. The van der Waals surface area contributed by atoms with Crippen molar-refractivity contribution in [3.8, 4) is 5.75 Å². The van der Waals surface area contributed by atoms with Crippen molar-refractivity contribution in [1.82, 2.24) is 10.2 Å². The van der Waals surface area contributed by atoms with Gasteiger partial charge in [-0.1, -0.05) is 20.8 Å². The van der Waals surface area contributed by atoms with Crippen molar-refractivity contribution >= 4 is 17.8 Å². The second kappa shape index (κ2) is 9.94. The quantitative estimate of drug-likeness (QED) is 0.702. The Hall–Kier alpha value is -2.57. The number of rotatable bonds is 8. The molecular formula is C20H28N2O5. The fourth-order valence-corrected chi connectivity index (χ4v) is 2.72. The van der Waals surface area contributed by atoms with Crippen LogP contribution in [0.1, 0.15) is 44.0 Å². The molecule has 27 heavy (non-hydrogen) atoms. The molecule has 7 heteroatoms. The number of ether oxygens (including phenoxy) is 2. The lowest BCUT2D eigenvalue weighted by Gasteiger charge is -2.34. The van der Waals surface area contributed by atoms with E-state index in [1.165, 1.54) is 4.90 Å². The molecule has 2 amide bonds. The molecule has 0 saturated carbocycles. The number of hydrogen-bond donors (Lipinski definition) is 1. The summed E-state index contributed by atoms with van der Waals surface area (Å²) in [5.41, 5.74) is 0.452. The topological polar surface area (TPSA) is 84.9 Å². The number of amides is 2. The van der Waals surface area contributed by atoms with Gasteiger partial charge in [0.25, 0.3) is 5.91 Å². The van der Waals surface area contributed by atoms with Gasteiger partial charge >= 0.3 is 5.97 Å². The van der Waals surface area contributed by atoms with Gasteiger partial charge in [0.15, 0.2) is 0 Å². The van der Waals surface area contributed by atoms with E-state index in [0.29, 0.717) is 50.0 Å². The summed E-state index contributed by atoms with van der Waals surface area (Å²) in [6, 6.07) is 5.98. The lowest BCUT2D eigenvalue weighted by molar-refractivity contribution is -0.147. The first-order valence-corrected chi connectivity index (χ1v) is 9.39. The predicted molar refractivity (Wildman–Crippen MR) is 100 cm³/mol. The highest BCUT2D eigenvalue weighted by Gasteiger charge is 2.35. The van der Waals surface area contributed by atoms with Crippen LogP contribution >= 0.6 is 0 Å². The van der Waals surface area contributed by atoms with Crippen LogP contribution in [0.4, 0.5) is 0 Å². The number of benzene rings is 1. The molecule has 1 aromatic rings. The maximum Gasteiger partial charge on any atom is 0.308 e. The summed E-state index contributed by atoms with van der Waals surface area (Å²) in [6.07, 6.45) is 0.559. The van der Waals surface area contributed by atoms with Crippen LogP contribution < -0.4 is 10.1 Å². The van der Waals surface area contributed by atoms with Gasteiger partial charge in [-0.25, -0.2) is 0 Å². The van der Waals surface area contributed by atoms with Gasteiger partial charge in [0, 0.05) is 18.7 Å². The van der Waals surface area contributed by atoms with Gasteiger partial charge < -0.3 is 19.7 Å². The van der Waals surface area contributed by atoms with Crippen LogP contribution in [0.25, 0.3) is 0 Å². The first-order valence-electron chi connectivity index (χ1n) is 9.39. The first-order chi connectivity index (χ1) is 12.9. The van der Waals surface area contributed by atoms with Crippen LogP contribution in [0.5, 0.6) is 5.75 Å². The average molecular weight is 376 g/mol. The summed E-state index contributed by atoms with van der Waals surface area (Å²) in [4.78, 5) is 38.5. The van der Waals surface area contributed by atoms with E-state index in [1.807, 2.05) is 6.92 Å². The Morgan fingerprint density at radius 1 is 1.26 bits per heavy atom. The van der Waals surface area contributed by atoms with E-state index in [9.17, 15) is 14.4 Å². The molecule has 0 radical (unpaired) electrons. The number of carbonyl (C=O) groups is 3. The van der Waals surface area contributed by atoms with Crippen molar-refractivity contribution in [3.63, 3.8) is 0 Å². The third kappa shape index (κ3) is 5.98. The number of hydrogen-bond acceptors (Lipinski definition) is 5. The number of nitrogens with one attached hydrogen (secondary N) is 1. The highest BCUT2D eigenvalue weighted by molar-refractivity contribution is 5.99. The van der Waals surface area contributed by atoms with Crippen molar-refractivity contribution in [3.05, 3.63) is 29.8 Å². The fraction of sp³-hybridized carbons (Fsp3) is 0.550. The minimum Gasteiger partial charge on any atom is -0.493 e. The first kappa shape index (κ1) is 20.7. The molecular weight excluding hydrogens is 348 g/mol. The largest absolute Gasteiger partial charge is 0.493 e. The molecule has 148 valence electrons. The zero-order valence-electron chi connectivity index (χ0n) is 16.2. The Kier molecular flexibility index (Phi) is 7.64. The molecule has 0 unspecified atom stereocenters. The van der Waals surface area contributed by atoms with Crippen molar-refractivity contribution in [2.45, 2.75) is 39.7 Å². The lowest BCUT2D eigenvalue weighted by Crippen LogP contribution is -2.57. The molecule has 1 atom stereocenters. The maximum atomic E-state index is 12.9. The van der Waals surface area contributed by atoms with Crippen LogP contribution in [-0.4, -0.2) is 55.0 Å². The molecule has 1 aliphatic rings. The second-order valence-corrected chi connectivity index (χ2v) is 6.96. The normalized spacial score (nSPS) is 16.8. The Balaban J connectivity index is 2.07. The third-order valence-electron chi connectivity index (χ3n) is 4.10. The number of esters is 1. The minimum absolute atomic E-state index is 0.146. The summed E-state index contributed by atoms with van der Waals surface area (Å²) in [7, 11) is 0. The zero-order chi connectivity index (χ0) is 19.8. The van der Waals surface area contributed by atoms with Gasteiger partial charge in [0.05, 0.1) is 19.6 Å². The molecule has 2 rings (SSSR count). The van der Waals surface area contributed by atoms with Crippen molar-refractivity contribution in [2.24, 2.45) is 5.92 Å². The van der Waals surface area contributed by atoms with Gasteiger partial charge in [-0.3, -0.25) is 14.4 Å². The van der Waals surface area contributed by atoms with E-state index in [1.54, 1.807) is 24.3 Å². The van der Waals surface area contributed by atoms with Gasteiger partial charge in [0.1, 0.15) is 11.8 Å². The summed E-state index contributed by atoms with van der Waals surface area (Å²) < 4.78 is 10.7. The van der Waals surface area contributed by atoms with Crippen molar-refractivity contribution in [2.75, 3.05) is 26.3 Å². The van der Waals surface area contributed by atoms with Crippen LogP contribution in [0.2, 0.25) is 0 Å². The predicted octanol–water partition coefficient (Wildman–Crippen LogP) is 2.01. The SMILES string of the molecule is CCCOC(=O)C[C@@H]1C(=O)NCCN1C(=O)c1ccc(OCC(C)C)cc1. The molecule has 1 heterocycles. The monoisotopic (exact) mass is 376 g/mol. The average Bonchev–Trinajstić information content (AvgIpc) is 2.66. The van der Waals surface area contributed by atoms with Gasteiger partial charge in [-0.15, -0.1) is 0 Å². The number of nitrogens with zero attached hydrogens (tertiary/aromatic N) is 1.